The van der Waals surface area contributed by atoms with E-state index in [4.69, 9.17) is 21.4 Å². The smallest absolute Gasteiger partial charge is 0.333 e. The van der Waals surface area contributed by atoms with Gasteiger partial charge < -0.3 is 9.84 Å². The molecule has 23 heavy (non-hydrogen) atoms. The monoisotopic (exact) mass is 339 g/mol. The Hall–Kier alpha value is -1.88. The van der Waals surface area contributed by atoms with Crippen LogP contribution in [0.3, 0.4) is 0 Å². The van der Waals surface area contributed by atoms with E-state index >= 15 is 0 Å². The number of rotatable bonds is 8. The van der Waals surface area contributed by atoms with E-state index in [-0.39, 0.29) is 25.4 Å². The van der Waals surface area contributed by atoms with E-state index in [2.05, 4.69) is 4.98 Å². The van der Waals surface area contributed by atoms with Crippen LogP contribution in [0, 0.1) is 6.92 Å². The van der Waals surface area contributed by atoms with Gasteiger partial charge in [-0.05, 0) is 38.3 Å². The van der Waals surface area contributed by atoms with Crippen molar-refractivity contribution < 1.29 is 19.4 Å². The van der Waals surface area contributed by atoms with Crippen molar-refractivity contribution in [3.05, 3.63) is 40.2 Å². The number of carboxylic acid groups (broad SMARTS) is 1. The fraction of sp³-hybridized carbons (Fsp3) is 0.471. The van der Waals surface area contributed by atoms with Gasteiger partial charge in [0.2, 0.25) is 0 Å². The molecule has 0 radical (unpaired) electrons. The lowest BCUT2D eigenvalue weighted by Crippen LogP contribution is -2.12. The topological polar surface area (TPSA) is 76.5 Å². The molecule has 0 aliphatic heterocycles. The number of pyridine rings is 1. The summed E-state index contributed by atoms with van der Waals surface area (Å²) in [5, 5.41) is 9.47. The van der Waals surface area contributed by atoms with Gasteiger partial charge in [-0.25, -0.2) is 4.79 Å². The number of carbonyl (C=O) groups excluding carboxylic acids is 1. The Balaban J connectivity index is 3.15. The molecule has 1 unspecified atom stereocenters. The molecule has 0 aliphatic rings. The van der Waals surface area contributed by atoms with Crippen LogP contribution in [0.1, 0.15) is 50.3 Å². The Morgan fingerprint density at radius 3 is 2.65 bits per heavy atom. The molecular formula is C17H22ClNO4. The van der Waals surface area contributed by atoms with Gasteiger partial charge in [-0.15, -0.1) is 0 Å². The normalized spacial score (nSPS) is 12.8. The molecule has 126 valence electrons. The number of carbonyl (C=O) groups is 2. The zero-order valence-electron chi connectivity index (χ0n) is 13.6. The summed E-state index contributed by atoms with van der Waals surface area (Å²) >= 11 is 6.14. The second kappa shape index (κ2) is 9.30. The highest BCUT2D eigenvalue weighted by atomic mass is 35.5. The van der Waals surface area contributed by atoms with Crippen molar-refractivity contribution in [2.75, 3.05) is 6.61 Å². The molecule has 5 nitrogen and oxygen atoms in total. The van der Waals surface area contributed by atoms with Crippen molar-refractivity contribution in [2.24, 2.45) is 0 Å². The summed E-state index contributed by atoms with van der Waals surface area (Å²) in [4.78, 5) is 27.2. The van der Waals surface area contributed by atoms with Crippen LogP contribution in [-0.2, 0) is 14.3 Å². The number of nitrogens with zero attached hydrogens (tertiary/aromatic N) is 1. The van der Waals surface area contributed by atoms with Crippen molar-refractivity contribution in [2.45, 2.75) is 46.0 Å². The molecule has 0 fully saturated rings. The van der Waals surface area contributed by atoms with Crippen molar-refractivity contribution in [3.8, 4) is 0 Å². The van der Waals surface area contributed by atoms with E-state index in [0.717, 1.165) is 11.3 Å². The van der Waals surface area contributed by atoms with Gasteiger partial charge in [-0.2, -0.15) is 0 Å². The Labute approximate surface area is 141 Å². The Morgan fingerprint density at radius 2 is 2.09 bits per heavy atom. The molecule has 0 amide bonds. The first-order chi connectivity index (χ1) is 10.9. The number of hydrogen-bond acceptors (Lipinski definition) is 4. The maximum Gasteiger partial charge on any atom is 0.333 e. The fourth-order valence-electron chi connectivity index (χ4n) is 2.25. The third-order valence-electron chi connectivity index (χ3n) is 3.52. The van der Waals surface area contributed by atoms with Gasteiger partial charge in [-0.3, -0.25) is 9.78 Å². The summed E-state index contributed by atoms with van der Waals surface area (Å²) in [5.41, 5.74) is 2.01. The zero-order chi connectivity index (χ0) is 17.4. The number of aliphatic carboxylic acids is 1. The summed E-state index contributed by atoms with van der Waals surface area (Å²) in [6.07, 6.45) is 4.10. The predicted molar refractivity (Wildman–Crippen MR) is 88.6 cm³/mol. The van der Waals surface area contributed by atoms with E-state index in [1.54, 1.807) is 25.3 Å². The van der Waals surface area contributed by atoms with Crippen LogP contribution in [0.2, 0.25) is 5.02 Å². The quantitative estimate of drug-likeness (QED) is 0.574. The van der Waals surface area contributed by atoms with Gasteiger partial charge in [0.1, 0.15) is 0 Å². The molecule has 1 N–H and O–H groups in total. The van der Waals surface area contributed by atoms with E-state index in [1.807, 2.05) is 13.8 Å². The Bertz CT molecular complexity index is 598. The van der Waals surface area contributed by atoms with E-state index in [0.29, 0.717) is 17.0 Å². The lowest BCUT2D eigenvalue weighted by atomic mass is 9.94. The molecule has 1 aromatic rings. The van der Waals surface area contributed by atoms with Crippen LogP contribution >= 0.6 is 11.6 Å². The highest BCUT2D eigenvalue weighted by Crippen LogP contribution is 2.28. The second-order valence-corrected chi connectivity index (χ2v) is 5.53. The average Bonchev–Trinajstić information content (AvgIpc) is 2.51. The van der Waals surface area contributed by atoms with Crippen LogP contribution < -0.4 is 0 Å². The maximum absolute atomic E-state index is 12.1. The number of hydrogen-bond donors (Lipinski definition) is 1. The minimum Gasteiger partial charge on any atom is -0.481 e. The molecule has 0 saturated heterocycles. The zero-order valence-corrected chi connectivity index (χ0v) is 14.4. The summed E-state index contributed by atoms with van der Waals surface area (Å²) in [6, 6.07) is 1.72. The largest absolute Gasteiger partial charge is 0.481 e. The first-order valence-electron chi connectivity index (χ1n) is 7.61. The molecule has 0 bridgehead atoms. The van der Waals surface area contributed by atoms with Crippen molar-refractivity contribution in [3.63, 3.8) is 0 Å². The molecule has 0 saturated carbocycles. The standard InChI is InChI=1S/C17H22ClNO4/c1-4-12(16-11(3)14(18)8-9-19-16)10-13(6-7-15(20)21)17(22)23-5-2/h8-10,12H,4-7H2,1-3H3,(H,20,21). The van der Waals surface area contributed by atoms with Crippen LogP contribution in [0.25, 0.3) is 0 Å². The number of esters is 1. The van der Waals surface area contributed by atoms with Crippen LogP contribution in [0.5, 0.6) is 0 Å². The van der Waals surface area contributed by atoms with Gasteiger partial charge in [0.15, 0.2) is 0 Å². The summed E-state index contributed by atoms with van der Waals surface area (Å²) in [7, 11) is 0. The van der Waals surface area contributed by atoms with Crippen LogP contribution in [0.15, 0.2) is 23.9 Å². The molecule has 6 heteroatoms. The van der Waals surface area contributed by atoms with E-state index in [9.17, 15) is 9.59 Å². The minimum atomic E-state index is -0.953. The van der Waals surface area contributed by atoms with Gasteiger partial charge in [-0.1, -0.05) is 24.6 Å². The summed E-state index contributed by atoms with van der Waals surface area (Å²) < 4.78 is 5.02. The Kier molecular flexibility index (Phi) is 7.75. The lowest BCUT2D eigenvalue weighted by Gasteiger charge is -2.15. The summed E-state index contributed by atoms with van der Waals surface area (Å²) in [6.45, 7) is 5.81. The Morgan fingerprint density at radius 1 is 1.39 bits per heavy atom. The average molecular weight is 340 g/mol. The van der Waals surface area contributed by atoms with Gasteiger partial charge in [0, 0.05) is 29.1 Å². The highest BCUT2D eigenvalue weighted by Gasteiger charge is 2.18. The van der Waals surface area contributed by atoms with Crippen LogP contribution in [-0.4, -0.2) is 28.6 Å². The predicted octanol–water partition coefficient (Wildman–Crippen LogP) is 3.89. The molecule has 1 atom stereocenters. The highest BCUT2D eigenvalue weighted by molar-refractivity contribution is 6.31. The third kappa shape index (κ3) is 5.67. The first-order valence-corrected chi connectivity index (χ1v) is 7.99. The number of aromatic nitrogens is 1. The van der Waals surface area contributed by atoms with Crippen molar-refractivity contribution in [1.29, 1.82) is 0 Å². The van der Waals surface area contributed by atoms with Gasteiger partial charge >= 0.3 is 11.9 Å². The number of ether oxygens (including phenoxy) is 1. The molecule has 1 aromatic heterocycles. The van der Waals surface area contributed by atoms with Crippen molar-refractivity contribution in [1.82, 2.24) is 4.98 Å². The summed E-state index contributed by atoms with van der Waals surface area (Å²) in [5.74, 6) is -1.56. The number of allylic oxidation sites excluding steroid dienone is 1. The number of halogens is 1. The maximum atomic E-state index is 12.1. The van der Waals surface area contributed by atoms with E-state index in [1.165, 1.54) is 0 Å². The minimum absolute atomic E-state index is 0.122. The molecule has 0 spiro atoms. The number of carboxylic acids is 1. The van der Waals surface area contributed by atoms with Crippen molar-refractivity contribution >= 4 is 23.5 Å². The molecule has 1 rings (SSSR count). The SMILES string of the molecule is CCOC(=O)C(=CC(CC)c1nccc(Cl)c1C)CCC(=O)O. The van der Waals surface area contributed by atoms with Gasteiger partial charge in [0.05, 0.1) is 12.3 Å². The second-order valence-electron chi connectivity index (χ2n) is 5.12. The molecular weight excluding hydrogens is 318 g/mol. The molecule has 0 aliphatic carbocycles. The van der Waals surface area contributed by atoms with Crippen LogP contribution in [0.4, 0.5) is 0 Å². The van der Waals surface area contributed by atoms with E-state index < -0.39 is 11.9 Å². The molecule has 1 heterocycles. The third-order valence-corrected chi connectivity index (χ3v) is 3.93. The first kappa shape index (κ1) is 19.2. The molecule has 0 aromatic carbocycles. The van der Waals surface area contributed by atoms with Gasteiger partial charge in [0.25, 0.3) is 0 Å². The fourth-order valence-corrected chi connectivity index (χ4v) is 2.41. The lowest BCUT2D eigenvalue weighted by molar-refractivity contribution is -0.139.